The van der Waals surface area contributed by atoms with Gasteiger partial charge in [-0.2, -0.15) is 0 Å². The van der Waals surface area contributed by atoms with E-state index in [1.807, 2.05) is 24.3 Å². The number of ether oxygens (including phenoxy) is 2. The molecule has 0 unspecified atom stereocenters. The van der Waals surface area contributed by atoms with Gasteiger partial charge in [-0.05, 0) is 75.1 Å². The Balaban J connectivity index is 0.00000645. The summed E-state index contributed by atoms with van der Waals surface area (Å²) >= 11 is 0. The third-order valence-electron chi connectivity index (χ3n) is 7.58. The number of hydrogen-bond donors (Lipinski definition) is 4. The molecule has 0 saturated heterocycles. The molecule has 0 atom stereocenters. The summed E-state index contributed by atoms with van der Waals surface area (Å²) in [5.74, 6) is 1.93. The molecule has 3 rings (SSSR count). The average Bonchev–Trinajstić information content (AvgIpc) is 3.03. The van der Waals surface area contributed by atoms with Gasteiger partial charge in [0, 0.05) is 37.3 Å². The van der Waals surface area contributed by atoms with E-state index in [2.05, 4.69) is 69.8 Å². The molecule has 0 aliphatic carbocycles. The van der Waals surface area contributed by atoms with Gasteiger partial charge in [0.1, 0.15) is 11.5 Å². The maximum absolute atomic E-state index is 5.42. The number of para-hydroxylation sites is 2. The highest BCUT2D eigenvalue weighted by Crippen LogP contribution is 2.17. The zero-order valence-corrected chi connectivity index (χ0v) is 27.3. The molecule has 238 valence electrons. The van der Waals surface area contributed by atoms with Crippen LogP contribution in [-0.4, -0.2) is 40.4 Å². The molecule has 0 fully saturated rings. The summed E-state index contributed by atoms with van der Waals surface area (Å²) in [6, 6.07) is 25.4. The first-order chi connectivity index (χ1) is 20.8. The van der Waals surface area contributed by atoms with E-state index < -0.39 is 0 Å². The Bertz CT molecular complexity index is 1030. The van der Waals surface area contributed by atoms with Crippen molar-refractivity contribution in [2.75, 3.05) is 40.4 Å². The highest BCUT2D eigenvalue weighted by Gasteiger charge is 2.02. The second-order valence-corrected chi connectivity index (χ2v) is 11.0. The molecule has 0 aromatic heterocycles. The molecule has 43 heavy (non-hydrogen) atoms. The third-order valence-corrected chi connectivity index (χ3v) is 7.58. The second-order valence-electron chi connectivity index (χ2n) is 11.0. The molecule has 0 spiro atoms. The molecule has 0 aliphatic heterocycles. The lowest BCUT2D eigenvalue weighted by atomic mass is 10.1. The Labute approximate surface area is 267 Å². The first-order valence-electron chi connectivity index (χ1n) is 15.9. The minimum atomic E-state index is 0. The van der Waals surface area contributed by atoms with E-state index in [0.717, 1.165) is 63.9 Å². The van der Waals surface area contributed by atoms with E-state index in [1.165, 1.54) is 73.6 Å². The van der Waals surface area contributed by atoms with Crippen molar-refractivity contribution in [1.29, 1.82) is 0 Å². The van der Waals surface area contributed by atoms with Crippen molar-refractivity contribution >= 4 is 12.4 Å². The largest absolute Gasteiger partial charge is 0.496 e. The van der Waals surface area contributed by atoms with Crippen LogP contribution in [-0.2, 0) is 26.2 Å². The number of rotatable bonds is 24. The molecule has 6 nitrogen and oxygen atoms in total. The zero-order valence-electron chi connectivity index (χ0n) is 26.5. The van der Waals surface area contributed by atoms with Crippen LogP contribution in [0.5, 0.6) is 11.5 Å². The van der Waals surface area contributed by atoms with Crippen molar-refractivity contribution in [2.24, 2.45) is 0 Å². The Kier molecular flexibility index (Phi) is 20.2. The van der Waals surface area contributed by atoms with E-state index >= 15 is 0 Å². The Morgan fingerprint density at radius 2 is 0.814 bits per heavy atom. The smallest absolute Gasteiger partial charge is 0.123 e. The minimum absolute atomic E-state index is 0. The molecular weight excluding hydrogens is 556 g/mol. The fourth-order valence-electron chi connectivity index (χ4n) is 5.17. The maximum Gasteiger partial charge on any atom is 0.123 e. The molecule has 3 aromatic carbocycles. The highest BCUT2D eigenvalue weighted by atomic mass is 35.5. The quantitative estimate of drug-likeness (QED) is 0.0819. The minimum Gasteiger partial charge on any atom is -0.496 e. The molecule has 3 aromatic rings. The topological polar surface area (TPSA) is 66.6 Å². The number of nitrogens with one attached hydrogen (secondary N) is 4. The lowest BCUT2D eigenvalue weighted by Crippen LogP contribution is -2.17. The van der Waals surface area contributed by atoms with Crippen molar-refractivity contribution in [2.45, 2.75) is 77.5 Å². The normalized spacial score (nSPS) is 10.8. The van der Waals surface area contributed by atoms with Crippen LogP contribution in [0.15, 0.2) is 72.8 Å². The highest BCUT2D eigenvalue weighted by molar-refractivity contribution is 5.85. The average molecular weight is 611 g/mol. The van der Waals surface area contributed by atoms with E-state index in [-0.39, 0.29) is 12.4 Å². The van der Waals surface area contributed by atoms with Crippen molar-refractivity contribution in [3.8, 4) is 11.5 Å². The molecule has 4 N–H and O–H groups in total. The Morgan fingerprint density at radius 3 is 1.21 bits per heavy atom. The molecular formula is C36H55ClN4O2. The monoisotopic (exact) mass is 610 g/mol. The van der Waals surface area contributed by atoms with Gasteiger partial charge in [-0.1, -0.05) is 86.3 Å². The van der Waals surface area contributed by atoms with Crippen LogP contribution in [0.3, 0.4) is 0 Å². The van der Waals surface area contributed by atoms with Crippen LogP contribution in [0.25, 0.3) is 0 Å². The van der Waals surface area contributed by atoms with Crippen molar-refractivity contribution < 1.29 is 9.47 Å². The summed E-state index contributed by atoms with van der Waals surface area (Å²) in [7, 11) is 3.47. The van der Waals surface area contributed by atoms with Gasteiger partial charge in [0.05, 0.1) is 14.2 Å². The summed E-state index contributed by atoms with van der Waals surface area (Å²) in [5, 5.41) is 14.3. The maximum atomic E-state index is 5.42. The lowest BCUT2D eigenvalue weighted by Gasteiger charge is -2.10. The summed E-state index contributed by atoms with van der Waals surface area (Å²) in [6.07, 6.45) is 9.96. The summed E-state index contributed by atoms with van der Waals surface area (Å²) in [4.78, 5) is 0. The van der Waals surface area contributed by atoms with Crippen LogP contribution in [0, 0.1) is 0 Å². The summed E-state index contributed by atoms with van der Waals surface area (Å²) in [5.41, 5.74) is 5.19. The fraction of sp³-hybridized carbons (Fsp3) is 0.500. The lowest BCUT2D eigenvalue weighted by molar-refractivity contribution is 0.407. The van der Waals surface area contributed by atoms with Gasteiger partial charge in [-0.15, -0.1) is 12.4 Å². The van der Waals surface area contributed by atoms with E-state index in [9.17, 15) is 0 Å². The molecule has 0 bridgehead atoms. The SMILES string of the molecule is COc1ccccc1CNCCCCCCNCc1cccc(CNCCCCCCNCc2ccccc2OC)c1.Cl. The van der Waals surface area contributed by atoms with Gasteiger partial charge in [-0.25, -0.2) is 0 Å². The van der Waals surface area contributed by atoms with E-state index in [4.69, 9.17) is 9.47 Å². The number of unbranched alkanes of at least 4 members (excludes halogenated alkanes) is 6. The Morgan fingerprint density at radius 1 is 0.442 bits per heavy atom. The van der Waals surface area contributed by atoms with Gasteiger partial charge in [0.2, 0.25) is 0 Å². The molecule has 0 amide bonds. The first-order valence-corrected chi connectivity index (χ1v) is 15.9. The van der Waals surface area contributed by atoms with E-state index in [1.54, 1.807) is 14.2 Å². The number of methoxy groups -OCH3 is 2. The molecule has 7 heteroatoms. The first kappa shape index (κ1) is 36.6. The number of benzene rings is 3. The predicted molar refractivity (Wildman–Crippen MR) is 183 cm³/mol. The molecule has 0 saturated carbocycles. The number of halogens is 1. The van der Waals surface area contributed by atoms with Crippen LogP contribution < -0.4 is 30.7 Å². The molecule has 0 aliphatic rings. The standard InChI is InChI=1S/C36H54N4O2.ClH/c1-41-35-20-9-7-18-33(35)29-39-24-13-5-3-11-22-37-27-31-16-15-17-32(26-31)28-38-23-12-4-6-14-25-40-30-34-19-8-10-21-36(34)42-2;/h7-10,15-21,26,37-40H,3-6,11-14,22-25,27-30H2,1-2H3;1H. The molecule has 0 radical (unpaired) electrons. The van der Waals surface area contributed by atoms with Crippen LogP contribution >= 0.6 is 12.4 Å². The van der Waals surface area contributed by atoms with Gasteiger partial charge in [-0.3, -0.25) is 0 Å². The Hall–Kier alpha value is -2.61. The van der Waals surface area contributed by atoms with Crippen LogP contribution in [0.2, 0.25) is 0 Å². The fourth-order valence-corrected chi connectivity index (χ4v) is 5.17. The van der Waals surface area contributed by atoms with Crippen molar-refractivity contribution in [3.05, 3.63) is 95.1 Å². The molecule has 0 heterocycles. The number of hydrogen-bond acceptors (Lipinski definition) is 6. The summed E-state index contributed by atoms with van der Waals surface area (Å²) < 4.78 is 10.8. The van der Waals surface area contributed by atoms with E-state index in [0.29, 0.717) is 0 Å². The van der Waals surface area contributed by atoms with Crippen molar-refractivity contribution in [1.82, 2.24) is 21.3 Å². The predicted octanol–water partition coefficient (Wildman–Crippen LogP) is 7.01. The van der Waals surface area contributed by atoms with Crippen LogP contribution in [0.1, 0.15) is 73.6 Å². The van der Waals surface area contributed by atoms with Crippen LogP contribution in [0.4, 0.5) is 0 Å². The van der Waals surface area contributed by atoms with Gasteiger partial charge in [0.25, 0.3) is 0 Å². The zero-order chi connectivity index (χ0) is 29.5. The van der Waals surface area contributed by atoms with Gasteiger partial charge >= 0.3 is 0 Å². The van der Waals surface area contributed by atoms with Gasteiger partial charge < -0.3 is 30.7 Å². The van der Waals surface area contributed by atoms with Crippen molar-refractivity contribution in [3.63, 3.8) is 0 Å². The second kappa shape index (κ2) is 23.8. The van der Waals surface area contributed by atoms with Gasteiger partial charge in [0.15, 0.2) is 0 Å². The summed E-state index contributed by atoms with van der Waals surface area (Å²) in [6.45, 7) is 7.87. The third kappa shape index (κ3) is 15.6.